The minimum atomic E-state index is -0.314. The van der Waals surface area contributed by atoms with Crippen molar-refractivity contribution >= 4 is 16.7 Å². The molecule has 4 nitrogen and oxygen atoms in total. The number of carbonyl (C=O) groups is 1. The molecule has 0 N–H and O–H groups in total. The summed E-state index contributed by atoms with van der Waals surface area (Å²) in [7, 11) is 3.17. The Balaban J connectivity index is 1.41. The molecule has 4 aliphatic rings. The average molecular weight is 429 g/mol. The predicted octanol–water partition coefficient (Wildman–Crippen LogP) is 6.11. The average Bonchev–Trinajstić information content (AvgIpc) is 2.81. The van der Waals surface area contributed by atoms with E-state index in [0.29, 0.717) is 11.7 Å². The largest absolute Gasteiger partial charge is 0.496 e. The van der Waals surface area contributed by atoms with E-state index in [1.807, 2.05) is 18.2 Å². The summed E-state index contributed by atoms with van der Waals surface area (Å²) in [6.07, 6.45) is 6.42. The SMILES string of the molecule is COC(=O)c1ccc2cc(-c3ccc(OC)c(C45CC6CC(CC(C6)O4)C5)c3)ccc2c1. The molecule has 4 fully saturated rings. The first kappa shape index (κ1) is 19.8. The fourth-order valence-electron chi connectivity index (χ4n) is 6.56. The first-order valence-corrected chi connectivity index (χ1v) is 11.6. The fourth-order valence-corrected chi connectivity index (χ4v) is 6.56. The van der Waals surface area contributed by atoms with Crippen LogP contribution in [0, 0.1) is 11.8 Å². The molecule has 0 aromatic heterocycles. The van der Waals surface area contributed by atoms with Crippen LogP contribution >= 0.6 is 0 Å². The topological polar surface area (TPSA) is 44.8 Å². The van der Waals surface area contributed by atoms with Crippen LogP contribution in [0.15, 0.2) is 54.6 Å². The Bertz CT molecular complexity index is 1180. The second kappa shape index (κ2) is 7.35. The monoisotopic (exact) mass is 428 g/mol. The Morgan fingerprint density at radius 3 is 2.28 bits per heavy atom. The number of fused-ring (bicyclic) bond motifs is 1. The van der Waals surface area contributed by atoms with Gasteiger partial charge in [-0.2, -0.15) is 0 Å². The van der Waals surface area contributed by atoms with Crippen LogP contribution in [-0.2, 0) is 15.1 Å². The van der Waals surface area contributed by atoms with Gasteiger partial charge < -0.3 is 14.2 Å². The van der Waals surface area contributed by atoms with Crippen LogP contribution in [0.5, 0.6) is 5.75 Å². The van der Waals surface area contributed by atoms with Gasteiger partial charge in [-0.1, -0.05) is 24.3 Å². The molecule has 2 aliphatic carbocycles. The van der Waals surface area contributed by atoms with E-state index < -0.39 is 0 Å². The third-order valence-electron chi connectivity index (χ3n) is 7.77. The van der Waals surface area contributed by atoms with Gasteiger partial charge in [-0.25, -0.2) is 4.79 Å². The van der Waals surface area contributed by atoms with E-state index in [9.17, 15) is 4.79 Å². The predicted molar refractivity (Wildman–Crippen MR) is 124 cm³/mol. The molecule has 0 spiro atoms. The molecule has 4 heteroatoms. The maximum atomic E-state index is 11.9. The molecular formula is C28H28O4. The molecule has 7 rings (SSSR count). The lowest BCUT2D eigenvalue weighted by Crippen LogP contribution is -2.52. The van der Waals surface area contributed by atoms with E-state index in [2.05, 4.69) is 36.4 Å². The Morgan fingerprint density at radius 1 is 0.875 bits per heavy atom. The summed E-state index contributed by atoms with van der Waals surface area (Å²) in [5, 5.41) is 2.12. The first-order valence-electron chi connectivity index (χ1n) is 11.6. The van der Waals surface area contributed by atoms with Crippen molar-refractivity contribution in [2.45, 2.75) is 43.8 Å². The van der Waals surface area contributed by atoms with E-state index in [-0.39, 0.29) is 11.6 Å². The Labute approximate surface area is 188 Å². The molecule has 3 aromatic rings. The molecule has 2 saturated carbocycles. The molecule has 2 unspecified atom stereocenters. The molecule has 2 heterocycles. The number of hydrogen-bond donors (Lipinski definition) is 0. The van der Waals surface area contributed by atoms with Gasteiger partial charge in [0.05, 0.1) is 31.5 Å². The normalized spacial score (nSPS) is 28.1. The van der Waals surface area contributed by atoms with Crippen LogP contribution in [0.3, 0.4) is 0 Å². The Kier molecular flexibility index (Phi) is 4.55. The minimum absolute atomic E-state index is 0.206. The lowest BCUT2D eigenvalue weighted by atomic mass is 9.60. The van der Waals surface area contributed by atoms with Crippen LogP contribution in [0.1, 0.15) is 48.0 Å². The molecule has 0 radical (unpaired) electrons. The van der Waals surface area contributed by atoms with Crippen LogP contribution in [0.2, 0.25) is 0 Å². The second-order valence-electron chi connectivity index (χ2n) is 9.76. The number of rotatable bonds is 4. The van der Waals surface area contributed by atoms with Crippen molar-refractivity contribution in [3.63, 3.8) is 0 Å². The summed E-state index contributed by atoms with van der Waals surface area (Å²) < 4.78 is 17.4. The maximum absolute atomic E-state index is 11.9. The highest BCUT2D eigenvalue weighted by Gasteiger charge is 2.53. The minimum Gasteiger partial charge on any atom is -0.496 e. The quantitative estimate of drug-likeness (QED) is 0.471. The van der Waals surface area contributed by atoms with Crippen molar-refractivity contribution < 1.29 is 19.0 Å². The lowest BCUT2D eigenvalue weighted by molar-refractivity contribution is -0.226. The van der Waals surface area contributed by atoms with Crippen molar-refractivity contribution in [3.05, 3.63) is 65.7 Å². The second-order valence-corrected chi connectivity index (χ2v) is 9.76. The van der Waals surface area contributed by atoms with Gasteiger partial charge in [0.25, 0.3) is 0 Å². The maximum Gasteiger partial charge on any atom is 0.337 e. The van der Waals surface area contributed by atoms with Gasteiger partial charge in [0.15, 0.2) is 0 Å². The van der Waals surface area contributed by atoms with Gasteiger partial charge in [-0.3, -0.25) is 0 Å². The highest BCUT2D eigenvalue weighted by Crippen LogP contribution is 2.59. The summed E-state index contributed by atoms with van der Waals surface area (Å²) in [6, 6.07) is 18.6. The number of carbonyl (C=O) groups excluding carboxylic acids is 1. The van der Waals surface area contributed by atoms with Crippen molar-refractivity contribution in [2.75, 3.05) is 14.2 Å². The smallest absolute Gasteiger partial charge is 0.337 e. The van der Waals surface area contributed by atoms with Gasteiger partial charge in [0.2, 0.25) is 0 Å². The molecule has 3 aromatic carbocycles. The standard InChI is InChI=1S/C28H28O4/c1-30-26-8-7-22(14-25(26)28-15-17-9-18(16-28)11-24(10-17)32-28)20-3-4-21-13-23(27(29)31-2)6-5-19(21)12-20/h3-8,12-14,17-18,24H,9-11,15-16H2,1-2H3. The zero-order chi connectivity index (χ0) is 21.9. The summed E-state index contributed by atoms with van der Waals surface area (Å²) in [4.78, 5) is 11.9. The number of esters is 1. The number of hydrogen-bond acceptors (Lipinski definition) is 4. The number of ether oxygens (including phenoxy) is 3. The number of methoxy groups -OCH3 is 2. The van der Waals surface area contributed by atoms with Gasteiger partial charge in [-0.15, -0.1) is 0 Å². The van der Waals surface area contributed by atoms with E-state index in [0.717, 1.165) is 46.8 Å². The van der Waals surface area contributed by atoms with Crippen molar-refractivity contribution in [2.24, 2.45) is 11.8 Å². The molecule has 2 aliphatic heterocycles. The van der Waals surface area contributed by atoms with Gasteiger partial charge in [0.1, 0.15) is 5.75 Å². The summed E-state index contributed by atoms with van der Waals surface area (Å²) in [5.41, 5.74) is 3.88. The molecule has 2 saturated heterocycles. The third kappa shape index (κ3) is 3.12. The summed E-state index contributed by atoms with van der Waals surface area (Å²) in [6.45, 7) is 0. The zero-order valence-corrected chi connectivity index (χ0v) is 18.6. The zero-order valence-electron chi connectivity index (χ0n) is 18.6. The van der Waals surface area contributed by atoms with Gasteiger partial charge in [-0.05, 0) is 96.2 Å². The lowest BCUT2D eigenvalue weighted by Gasteiger charge is -2.56. The molecule has 2 atom stereocenters. The Morgan fingerprint density at radius 2 is 1.56 bits per heavy atom. The van der Waals surface area contributed by atoms with Crippen molar-refractivity contribution in [3.8, 4) is 16.9 Å². The Hall–Kier alpha value is -2.85. The number of benzene rings is 3. The van der Waals surface area contributed by atoms with Crippen LogP contribution in [0.4, 0.5) is 0 Å². The summed E-state index contributed by atoms with van der Waals surface area (Å²) in [5.74, 6) is 2.17. The van der Waals surface area contributed by atoms with Crippen LogP contribution in [-0.4, -0.2) is 26.3 Å². The van der Waals surface area contributed by atoms with E-state index in [4.69, 9.17) is 14.2 Å². The van der Waals surface area contributed by atoms with E-state index in [1.54, 1.807) is 7.11 Å². The highest BCUT2D eigenvalue weighted by atomic mass is 16.5. The van der Waals surface area contributed by atoms with E-state index >= 15 is 0 Å². The summed E-state index contributed by atoms with van der Waals surface area (Å²) >= 11 is 0. The molecule has 4 bridgehead atoms. The molecule has 0 amide bonds. The van der Waals surface area contributed by atoms with Crippen molar-refractivity contribution in [1.82, 2.24) is 0 Å². The molecule has 32 heavy (non-hydrogen) atoms. The fraction of sp³-hybridized carbons (Fsp3) is 0.393. The third-order valence-corrected chi connectivity index (χ3v) is 7.77. The van der Waals surface area contributed by atoms with Gasteiger partial charge >= 0.3 is 5.97 Å². The van der Waals surface area contributed by atoms with Crippen LogP contribution < -0.4 is 4.74 Å². The highest BCUT2D eigenvalue weighted by molar-refractivity contribution is 5.96. The first-order chi connectivity index (χ1) is 15.6. The van der Waals surface area contributed by atoms with E-state index in [1.165, 1.54) is 37.5 Å². The van der Waals surface area contributed by atoms with Crippen molar-refractivity contribution in [1.29, 1.82) is 0 Å². The van der Waals surface area contributed by atoms with Crippen LogP contribution in [0.25, 0.3) is 21.9 Å². The molecule has 164 valence electrons. The van der Waals surface area contributed by atoms with Gasteiger partial charge in [0, 0.05) is 5.56 Å². The molecular weight excluding hydrogens is 400 g/mol.